The van der Waals surface area contributed by atoms with Crippen molar-refractivity contribution in [2.24, 2.45) is 23.7 Å². The summed E-state index contributed by atoms with van der Waals surface area (Å²) in [6, 6.07) is 8.31. The van der Waals surface area contributed by atoms with E-state index in [1.165, 1.54) is 122 Å². The van der Waals surface area contributed by atoms with E-state index in [9.17, 15) is 26.8 Å². The molecule has 4 fully saturated rings. The number of carbonyl (C=O) groups is 2. The number of aliphatic hydroxyl groups is 1. The zero-order valence-corrected chi connectivity index (χ0v) is 35.9. The minimum Gasteiger partial charge on any atom is -0.492 e. The van der Waals surface area contributed by atoms with Crippen LogP contribution >= 0.6 is 0 Å². The first kappa shape index (κ1) is 49.2. The fourth-order valence-corrected chi connectivity index (χ4v) is 8.44. The fraction of sp³-hybridized carbons (Fsp3) is 0.689. The second-order valence-corrected chi connectivity index (χ2v) is 17.8. The molecule has 1 aliphatic heterocycles. The Morgan fingerprint density at radius 1 is 0.672 bits per heavy atom. The number of hydrogen-bond donors (Lipinski definition) is 2. The van der Waals surface area contributed by atoms with Crippen molar-refractivity contribution in [2.75, 3.05) is 53.4 Å². The van der Waals surface area contributed by atoms with Crippen LogP contribution in [0.3, 0.4) is 0 Å². The molecule has 0 bridgehead atoms. The van der Waals surface area contributed by atoms with Gasteiger partial charge in [0.25, 0.3) is 10.1 Å². The van der Waals surface area contributed by atoms with Gasteiger partial charge in [0.15, 0.2) is 0 Å². The summed E-state index contributed by atoms with van der Waals surface area (Å²) in [5.41, 5.74) is 1.41. The van der Waals surface area contributed by atoms with Crippen LogP contribution in [0.4, 0.5) is 8.78 Å². The maximum atomic E-state index is 13.2. The highest BCUT2D eigenvalue weighted by Gasteiger charge is 2.20. The predicted molar refractivity (Wildman–Crippen MR) is 222 cm³/mol. The molecule has 6 rings (SSSR count). The van der Waals surface area contributed by atoms with Crippen molar-refractivity contribution in [2.45, 2.75) is 122 Å². The number of hydrogen-bond acceptors (Lipinski definition) is 10. The largest absolute Gasteiger partial charge is 0.492 e. The molecule has 0 spiro atoms. The summed E-state index contributed by atoms with van der Waals surface area (Å²) < 4.78 is 67.4. The molecule has 13 heteroatoms. The minimum absolute atomic E-state index is 0.136. The van der Waals surface area contributed by atoms with Crippen LogP contribution in [0.2, 0.25) is 0 Å². The molecule has 0 atom stereocenters. The van der Waals surface area contributed by atoms with Crippen molar-refractivity contribution in [3.05, 3.63) is 64.7 Å². The zero-order valence-electron chi connectivity index (χ0n) is 35.1. The van der Waals surface area contributed by atoms with E-state index in [1.54, 1.807) is 6.07 Å². The SMILES string of the molecule is COC(=O)c1cc(F)ccc1CCC1CCCCC1.COC(=O)c1cc(F)ccc1OCC1CCNCC1.CS(=O)(=O)OCC1CCCCC1.OCC1CCCCC1. The second-order valence-electron chi connectivity index (χ2n) is 16.2. The molecule has 4 aliphatic rings. The molecule has 0 aromatic heterocycles. The highest BCUT2D eigenvalue weighted by atomic mass is 32.2. The topological polar surface area (TPSA) is 137 Å². The van der Waals surface area contributed by atoms with Crippen LogP contribution in [0.5, 0.6) is 5.75 Å². The van der Waals surface area contributed by atoms with Crippen molar-refractivity contribution >= 4 is 22.1 Å². The number of benzene rings is 2. The smallest absolute Gasteiger partial charge is 0.341 e. The van der Waals surface area contributed by atoms with Gasteiger partial charge in [-0.3, -0.25) is 4.18 Å². The predicted octanol–water partition coefficient (Wildman–Crippen LogP) is 9.22. The number of methoxy groups -OCH3 is 2. The third-order valence-electron chi connectivity index (χ3n) is 11.5. The summed E-state index contributed by atoms with van der Waals surface area (Å²) in [6.45, 7) is 3.32. The van der Waals surface area contributed by atoms with E-state index in [-0.39, 0.29) is 11.4 Å². The Morgan fingerprint density at radius 3 is 1.67 bits per heavy atom. The Hall–Kier alpha value is -3.13. The quantitative estimate of drug-likeness (QED) is 0.157. The number of carbonyl (C=O) groups excluding carboxylic acids is 2. The van der Waals surface area contributed by atoms with Gasteiger partial charge in [-0.2, -0.15) is 8.42 Å². The summed E-state index contributed by atoms with van der Waals surface area (Å²) in [5, 5.41) is 12.0. The van der Waals surface area contributed by atoms with Gasteiger partial charge in [0.2, 0.25) is 0 Å². The summed E-state index contributed by atoms with van der Waals surface area (Å²) in [7, 11) is -0.624. The maximum absolute atomic E-state index is 13.2. The van der Waals surface area contributed by atoms with Crippen molar-refractivity contribution in [1.29, 1.82) is 0 Å². The number of halogens is 2. The molecule has 0 amide bonds. The summed E-state index contributed by atoms with van der Waals surface area (Å²) in [5.74, 6) is 0.819. The lowest BCUT2D eigenvalue weighted by molar-refractivity contribution is 0.0587. The third-order valence-corrected chi connectivity index (χ3v) is 12.1. The lowest BCUT2D eigenvalue weighted by Gasteiger charge is -2.23. The van der Waals surface area contributed by atoms with Gasteiger partial charge >= 0.3 is 11.9 Å². The Kier molecular flexibility index (Phi) is 23.4. The molecule has 328 valence electrons. The molecule has 3 aliphatic carbocycles. The first-order valence-electron chi connectivity index (χ1n) is 21.5. The van der Waals surface area contributed by atoms with Crippen LogP contribution in [0.1, 0.15) is 142 Å². The lowest BCUT2D eigenvalue weighted by atomic mass is 9.85. The van der Waals surface area contributed by atoms with Gasteiger partial charge in [-0.15, -0.1) is 0 Å². The third kappa shape index (κ3) is 19.7. The van der Waals surface area contributed by atoms with E-state index < -0.39 is 27.9 Å². The minimum atomic E-state index is -3.22. The summed E-state index contributed by atoms with van der Waals surface area (Å²) >= 11 is 0. The number of aryl methyl sites for hydroxylation is 1. The number of piperidine rings is 1. The molecule has 1 saturated heterocycles. The molecule has 0 radical (unpaired) electrons. The number of aliphatic hydroxyl groups excluding tert-OH is 1. The van der Waals surface area contributed by atoms with E-state index in [2.05, 4.69) is 10.1 Å². The Morgan fingerprint density at radius 2 is 1.16 bits per heavy atom. The van der Waals surface area contributed by atoms with Crippen molar-refractivity contribution in [3.63, 3.8) is 0 Å². The summed E-state index contributed by atoms with van der Waals surface area (Å²) in [4.78, 5) is 23.2. The molecule has 0 unspecified atom stereocenters. The number of esters is 2. The Labute approximate surface area is 346 Å². The first-order chi connectivity index (χ1) is 27.9. The van der Waals surface area contributed by atoms with Crippen LogP contribution in [-0.4, -0.2) is 78.8 Å². The molecule has 2 aromatic carbocycles. The maximum Gasteiger partial charge on any atom is 0.341 e. The molecule has 3 saturated carbocycles. The Balaban J connectivity index is 0.000000217. The first-order valence-corrected chi connectivity index (χ1v) is 23.3. The average Bonchev–Trinajstić information content (AvgIpc) is 3.26. The van der Waals surface area contributed by atoms with Gasteiger partial charge < -0.3 is 24.6 Å². The second kappa shape index (κ2) is 27.6. The van der Waals surface area contributed by atoms with Crippen LogP contribution in [-0.2, 0) is 30.2 Å². The zero-order chi connectivity index (χ0) is 42.2. The number of nitrogens with one attached hydrogen (secondary N) is 1. The van der Waals surface area contributed by atoms with Crippen molar-refractivity contribution in [1.82, 2.24) is 5.32 Å². The normalized spacial score (nSPS) is 18.2. The van der Waals surface area contributed by atoms with Gasteiger partial charge in [-0.1, -0.05) is 76.7 Å². The monoisotopic (exact) mass is 837 g/mol. The van der Waals surface area contributed by atoms with E-state index in [0.717, 1.165) is 75.4 Å². The highest BCUT2D eigenvalue weighted by Crippen LogP contribution is 2.29. The fourth-order valence-electron chi connectivity index (χ4n) is 8.00. The van der Waals surface area contributed by atoms with Gasteiger partial charge in [-0.05, 0) is 124 Å². The van der Waals surface area contributed by atoms with Crippen LogP contribution in [0, 0.1) is 35.3 Å². The van der Waals surface area contributed by atoms with Crippen LogP contribution in [0.25, 0.3) is 0 Å². The molecular weight excluding hydrogens is 769 g/mol. The van der Waals surface area contributed by atoms with E-state index in [0.29, 0.717) is 48.9 Å². The highest BCUT2D eigenvalue weighted by molar-refractivity contribution is 7.85. The Bertz CT molecular complexity index is 1500. The average molecular weight is 838 g/mol. The van der Waals surface area contributed by atoms with Crippen molar-refractivity contribution < 1.29 is 50.3 Å². The van der Waals surface area contributed by atoms with Crippen LogP contribution < -0.4 is 10.1 Å². The molecule has 2 N–H and O–H groups in total. The number of rotatable bonds is 12. The van der Waals surface area contributed by atoms with Gasteiger partial charge in [0.05, 0.1) is 39.3 Å². The van der Waals surface area contributed by atoms with Gasteiger partial charge in [0.1, 0.15) is 22.9 Å². The van der Waals surface area contributed by atoms with Crippen LogP contribution in [0.15, 0.2) is 36.4 Å². The molecule has 2 aromatic rings. The molecular formula is C45H69F2NO9S. The molecule has 1 heterocycles. The molecule has 58 heavy (non-hydrogen) atoms. The van der Waals surface area contributed by atoms with E-state index in [4.69, 9.17) is 18.8 Å². The lowest BCUT2D eigenvalue weighted by Crippen LogP contribution is -2.30. The van der Waals surface area contributed by atoms with E-state index in [1.807, 2.05) is 0 Å². The van der Waals surface area contributed by atoms with Gasteiger partial charge in [0, 0.05) is 6.61 Å². The van der Waals surface area contributed by atoms with Gasteiger partial charge in [-0.25, -0.2) is 18.4 Å². The summed E-state index contributed by atoms with van der Waals surface area (Å²) in [6.07, 6.45) is 24.2. The molecule has 10 nitrogen and oxygen atoms in total. The van der Waals surface area contributed by atoms with E-state index >= 15 is 0 Å². The number of ether oxygens (including phenoxy) is 3. The van der Waals surface area contributed by atoms with Crippen molar-refractivity contribution in [3.8, 4) is 5.75 Å². The standard InChI is InChI=1S/C16H21FO2.C14H18FNO3.C8H16O3S.C7H14O/c1-19-16(18)15-11-14(17)10-9-13(15)8-7-12-5-3-2-4-6-12;1-18-14(17)12-8-11(15)2-3-13(12)19-9-10-4-6-16-7-5-10;1-12(9,10)11-7-8-5-3-2-4-6-8;8-6-7-4-2-1-3-5-7/h9-12H,2-8H2,1H3;2-3,8,10,16H,4-7,9H2,1H3;8H,2-7H2,1H3;7-8H,1-6H2.